The van der Waals surface area contributed by atoms with Crippen molar-refractivity contribution in [2.75, 3.05) is 22.9 Å². The number of aromatic amines is 1. The summed E-state index contributed by atoms with van der Waals surface area (Å²) in [5, 5.41) is 5.47. The van der Waals surface area contributed by atoms with E-state index in [1.165, 1.54) is 0 Å². The normalized spacial score (nSPS) is 18.1. The summed E-state index contributed by atoms with van der Waals surface area (Å²) >= 11 is 0. The highest BCUT2D eigenvalue weighted by Crippen LogP contribution is 2.39. The van der Waals surface area contributed by atoms with Crippen LogP contribution >= 0.6 is 0 Å². The Kier molecular flexibility index (Phi) is 4.33. The van der Waals surface area contributed by atoms with Gasteiger partial charge in [0, 0.05) is 37.9 Å². The lowest BCUT2D eigenvalue weighted by molar-refractivity contribution is -0.138. The summed E-state index contributed by atoms with van der Waals surface area (Å²) in [4.78, 5) is 15.6. The van der Waals surface area contributed by atoms with Crippen LogP contribution in [0.25, 0.3) is 0 Å². The molecule has 6 nitrogen and oxygen atoms in total. The molecule has 27 heavy (non-hydrogen) atoms. The minimum absolute atomic E-state index is 0.186. The topological polar surface area (TPSA) is 78.2 Å². The molecule has 9 heteroatoms. The van der Waals surface area contributed by atoms with Crippen LogP contribution in [0.5, 0.6) is 0 Å². The molecule has 2 aliphatic heterocycles. The van der Waals surface area contributed by atoms with Gasteiger partial charge in [-0.05, 0) is 30.0 Å². The number of aromatic nitrogens is 2. The molecule has 0 bridgehead atoms. The second kappa shape index (κ2) is 6.56. The Morgan fingerprint density at radius 1 is 1.11 bits per heavy atom. The third kappa shape index (κ3) is 3.27. The van der Waals surface area contributed by atoms with Crippen molar-refractivity contribution in [3.05, 3.63) is 51.4 Å². The number of nitrogens with zero attached hydrogens (tertiary/aromatic N) is 3. The van der Waals surface area contributed by atoms with Gasteiger partial charge in [0.1, 0.15) is 5.56 Å². The Morgan fingerprint density at radius 3 is 2.56 bits per heavy atom. The van der Waals surface area contributed by atoms with E-state index in [1.807, 2.05) is 23.3 Å². The molecule has 3 N–H and O–H groups in total. The van der Waals surface area contributed by atoms with Gasteiger partial charge < -0.3 is 15.5 Å². The molecule has 0 radical (unpaired) electrons. The number of halogens is 3. The van der Waals surface area contributed by atoms with Crippen molar-refractivity contribution in [3.8, 4) is 0 Å². The third-order valence-electron chi connectivity index (χ3n) is 5.30. The molecule has 0 aliphatic carbocycles. The first kappa shape index (κ1) is 17.8. The van der Waals surface area contributed by atoms with Gasteiger partial charge >= 0.3 is 6.18 Å². The number of piperidine rings is 1. The summed E-state index contributed by atoms with van der Waals surface area (Å²) in [5.74, 6) is 0. The van der Waals surface area contributed by atoms with Crippen LogP contribution < -0.4 is 21.1 Å². The Balaban J connectivity index is 1.68. The minimum atomic E-state index is -4.74. The first-order valence-electron chi connectivity index (χ1n) is 8.85. The van der Waals surface area contributed by atoms with Gasteiger partial charge in [-0.25, -0.2) is 5.10 Å². The summed E-state index contributed by atoms with van der Waals surface area (Å²) in [5.41, 5.74) is 6.38. The molecule has 1 fully saturated rings. The number of hydrogen-bond acceptors (Lipinski definition) is 5. The minimum Gasteiger partial charge on any atom is -0.371 e. The average Bonchev–Trinajstić information content (AvgIpc) is 3.05. The van der Waals surface area contributed by atoms with Gasteiger partial charge in [0.05, 0.1) is 11.9 Å². The van der Waals surface area contributed by atoms with Crippen molar-refractivity contribution in [2.24, 2.45) is 5.73 Å². The Hall–Kier alpha value is -2.55. The van der Waals surface area contributed by atoms with E-state index in [9.17, 15) is 18.0 Å². The van der Waals surface area contributed by atoms with Gasteiger partial charge in [-0.15, -0.1) is 0 Å². The van der Waals surface area contributed by atoms with E-state index in [-0.39, 0.29) is 11.7 Å². The molecule has 0 amide bonds. The second-order valence-corrected chi connectivity index (χ2v) is 7.05. The van der Waals surface area contributed by atoms with Crippen molar-refractivity contribution in [1.82, 2.24) is 10.2 Å². The third-order valence-corrected chi connectivity index (χ3v) is 5.30. The lowest BCUT2D eigenvalue weighted by Crippen LogP contribution is -2.40. The van der Waals surface area contributed by atoms with Crippen LogP contribution in [-0.4, -0.2) is 29.3 Å². The molecule has 0 atom stereocenters. The molecule has 144 valence electrons. The maximum atomic E-state index is 13.4. The zero-order valence-corrected chi connectivity index (χ0v) is 14.6. The largest absolute Gasteiger partial charge is 0.423 e. The number of nitrogens with two attached hydrogens (primary N) is 1. The van der Waals surface area contributed by atoms with Crippen molar-refractivity contribution < 1.29 is 13.2 Å². The highest BCUT2D eigenvalue weighted by molar-refractivity contribution is 5.64. The van der Waals surface area contributed by atoms with Gasteiger partial charge in [-0.3, -0.25) is 4.79 Å². The van der Waals surface area contributed by atoms with E-state index in [1.54, 1.807) is 4.90 Å². The van der Waals surface area contributed by atoms with Gasteiger partial charge in [-0.1, -0.05) is 12.1 Å². The van der Waals surface area contributed by atoms with Crippen LogP contribution in [0.4, 0.5) is 24.5 Å². The maximum absolute atomic E-state index is 13.4. The number of fused-ring (bicyclic) bond motifs is 1. The van der Waals surface area contributed by atoms with Crippen molar-refractivity contribution in [3.63, 3.8) is 0 Å². The SMILES string of the molecule is NC1CCN(c2cccc3c2CN(c2cn[nH]c(=O)c2C(F)(F)F)C3)CC1. The zero-order chi connectivity index (χ0) is 19.2. The summed E-state index contributed by atoms with van der Waals surface area (Å²) in [6.45, 7) is 2.28. The van der Waals surface area contributed by atoms with Crippen LogP contribution in [0, 0.1) is 0 Å². The van der Waals surface area contributed by atoms with E-state index < -0.39 is 17.3 Å². The van der Waals surface area contributed by atoms with Crippen molar-refractivity contribution in [2.45, 2.75) is 38.1 Å². The predicted molar refractivity (Wildman–Crippen MR) is 95.6 cm³/mol. The Morgan fingerprint density at radius 2 is 1.85 bits per heavy atom. The molecule has 2 aliphatic rings. The van der Waals surface area contributed by atoms with Crippen LogP contribution in [0.1, 0.15) is 29.5 Å². The number of rotatable bonds is 2. The van der Waals surface area contributed by atoms with Crippen molar-refractivity contribution in [1.29, 1.82) is 0 Å². The van der Waals surface area contributed by atoms with Crippen LogP contribution in [-0.2, 0) is 19.3 Å². The number of anilines is 2. The lowest BCUT2D eigenvalue weighted by Gasteiger charge is -2.33. The standard InChI is InChI=1S/C18H20F3N5O/c19-18(20,21)16-15(8-23-24-17(16)27)26-9-11-2-1-3-14(13(11)10-26)25-6-4-12(22)5-7-25/h1-3,8,12H,4-7,9-10,22H2,(H,24,27). The fourth-order valence-corrected chi connectivity index (χ4v) is 3.91. The van der Waals surface area contributed by atoms with E-state index >= 15 is 0 Å². The fourth-order valence-electron chi connectivity index (χ4n) is 3.91. The molecule has 0 saturated carbocycles. The summed E-state index contributed by atoms with van der Waals surface area (Å²) in [6, 6.07) is 6.04. The molecule has 0 unspecified atom stereocenters. The van der Waals surface area contributed by atoms with E-state index in [2.05, 4.69) is 10.00 Å². The fraction of sp³-hybridized carbons (Fsp3) is 0.444. The van der Waals surface area contributed by atoms with Crippen LogP contribution in [0.15, 0.2) is 29.2 Å². The van der Waals surface area contributed by atoms with Gasteiger partial charge in [0.2, 0.25) is 0 Å². The van der Waals surface area contributed by atoms with Gasteiger partial charge in [0.25, 0.3) is 5.56 Å². The lowest BCUT2D eigenvalue weighted by atomic mass is 10.0. The van der Waals surface area contributed by atoms with E-state index in [4.69, 9.17) is 5.73 Å². The average molecular weight is 379 g/mol. The van der Waals surface area contributed by atoms with Crippen LogP contribution in [0.3, 0.4) is 0 Å². The highest BCUT2D eigenvalue weighted by atomic mass is 19.4. The molecular weight excluding hydrogens is 359 g/mol. The number of nitrogens with one attached hydrogen (secondary N) is 1. The molecule has 1 aromatic carbocycles. The molecule has 2 aromatic rings. The number of hydrogen-bond donors (Lipinski definition) is 2. The highest BCUT2D eigenvalue weighted by Gasteiger charge is 2.40. The monoisotopic (exact) mass is 379 g/mol. The zero-order valence-electron chi connectivity index (χ0n) is 14.6. The maximum Gasteiger partial charge on any atom is 0.423 e. The number of benzene rings is 1. The molecule has 1 saturated heterocycles. The first-order valence-corrected chi connectivity index (χ1v) is 8.85. The van der Waals surface area contributed by atoms with Crippen molar-refractivity contribution >= 4 is 11.4 Å². The second-order valence-electron chi connectivity index (χ2n) is 7.05. The predicted octanol–water partition coefficient (Wildman–Crippen LogP) is 2.24. The quantitative estimate of drug-likeness (QED) is 0.837. The molecular formula is C18H20F3N5O. The Bertz CT molecular complexity index is 903. The molecule has 1 aromatic heterocycles. The van der Waals surface area contributed by atoms with Gasteiger partial charge in [0.15, 0.2) is 0 Å². The number of H-pyrrole nitrogens is 1. The summed E-state index contributed by atoms with van der Waals surface area (Å²) in [7, 11) is 0. The smallest absolute Gasteiger partial charge is 0.371 e. The first-order chi connectivity index (χ1) is 12.8. The summed E-state index contributed by atoms with van der Waals surface area (Å²) < 4.78 is 40.2. The molecule has 4 rings (SSSR count). The molecule has 0 spiro atoms. The molecule has 3 heterocycles. The number of alkyl halides is 3. The van der Waals surface area contributed by atoms with E-state index in [0.717, 1.165) is 48.9 Å². The van der Waals surface area contributed by atoms with Crippen LogP contribution in [0.2, 0.25) is 0 Å². The van der Waals surface area contributed by atoms with Gasteiger partial charge in [-0.2, -0.15) is 18.3 Å². The Labute approximate surface area is 153 Å². The van der Waals surface area contributed by atoms with E-state index in [0.29, 0.717) is 13.1 Å². The summed E-state index contributed by atoms with van der Waals surface area (Å²) in [6.07, 6.45) is -1.88.